The minimum Gasteiger partial charge on any atom is -0.453 e. The van der Waals surface area contributed by atoms with E-state index in [1.54, 1.807) is 0 Å². The largest absolute Gasteiger partial charge is 0.494 e. The lowest BCUT2D eigenvalue weighted by Gasteiger charge is -2.39. The van der Waals surface area contributed by atoms with Crippen molar-refractivity contribution in [2.45, 2.75) is 89.1 Å². The first kappa shape index (κ1) is 28.2. The molecule has 4 heterocycles. The molecule has 220 valence electrons. The standard InChI is InChI=1S/C30H41BN4O6/c1-29(2)30(3,4)41-31(40-29)21-9-6-18(7-10-21)23-17-32-26(33-23)25-20-8-11-22(16-20)35(25)27(36)24(34-28(37)38-5)19-12-14-39-15-13-19/h6-7,9-10,17,19-20,22,24-25H,8,11-16H2,1-5H3,(H,32,33)(H,34,37)/t20-,22+,24-,25-/m0/s1. The summed E-state index contributed by atoms with van der Waals surface area (Å²) in [6.45, 7) is 9.37. The number of aromatic nitrogens is 2. The van der Waals surface area contributed by atoms with Gasteiger partial charge in [-0.3, -0.25) is 4.79 Å². The number of fused-ring (bicyclic) bond motifs is 2. The second kappa shape index (κ2) is 10.7. The van der Waals surface area contributed by atoms with Crippen molar-refractivity contribution < 1.29 is 28.4 Å². The van der Waals surface area contributed by atoms with Gasteiger partial charge < -0.3 is 34.0 Å². The molecule has 3 saturated heterocycles. The smallest absolute Gasteiger partial charge is 0.453 e. The van der Waals surface area contributed by atoms with Crippen LogP contribution in [0.15, 0.2) is 30.5 Å². The molecule has 2 N–H and O–H groups in total. The third kappa shape index (κ3) is 5.17. The predicted octanol–water partition coefficient (Wildman–Crippen LogP) is 3.58. The van der Waals surface area contributed by atoms with E-state index >= 15 is 0 Å². The molecule has 41 heavy (non-hydrogen) atoms. The number of ether oxygens (including phenoxy) is 2. The maximum absolute atomic E-state index is 14.2. The van der Waals surface area contributed by atoms with Gasteiger partial charge in [0, 0.05) is 19.3 Å². The van der Waals surface area contributed by atoms with Crippen LogP contribution in [0.5, 0.6) is 0 Å². The van der Waals surface area contributed by atoms with E-state index in [-0.39, 0.29) is 23.9 Å². The van der Waals surface area contributed by atoms with Crippen LogP contribution in [-0.2, 0) is 23.6 Å². The first-order valence-electron chi connectivity index (χ1n) is 14.8. The van der Waals surface area contributed by atoms with Crippen LogP contribution in [0.1, 0.15) is 71.7 Å². The van der Waals surface area contributed by atoms with E-state index in [1.165, 1.54) is 7.11 Å². The Balaban J connectivity index is 1.22. The zero-order chi connectivity index (χ0) is 28.9. The quantitative estimate of drug-likeness (QED) is 0.516. The number of nitrogens with zero attached hydrogens (tertiary/aromatic N) is 2. The van der Waals surface area contributed by atoms with Crippen LogP contribution < -0.4 is 10.8 Å². The average molecular weight is 564 g/mol. The van der Waals surface area contributed by atoms with Crippen molar-refractivity contribution in [3.63, 3.8) is 0 Å². The van der Waals surface area contributed by atoms with Gasteiger partial charge in [0.15, 0.2) is 0 Å². The van der Waals surface area contributed by atoms with Gasteiger partial charge >= 0.3 is 13.2 Å². The van der Waals surface area contributed by atoms with Crippen molar-refractivity contribution >= 4 is 24.6 Å². The Morgan fingerprint density at radius 2 is 1.76 bits per heavy atom. The van der Waals surface area contributed by atoms with Gasteiger partial charge in [-0.15, -0.1) is 0 Å². The summed E-state index contributed by atoms with van der Waals surface area (Å²) in [5, 5.41) is 2.86. The third-order valence-corrected chi connectivity index (χ3v) is 9.92. The molecule has 2 bridgehead atoms. The highest BCUT2D eigenvalue weighted by Gasteiger charge is 2.53. The zero-order valence-corrected chi connectivity index (χ0v) is 24.6. The molecule has 3 aliphatic heterocycles. The van der Waals surface area contributed by atoms with Gasteiger partial charge in [0.25, 0.3) is 0 Å². The zero-order valence-electron chi connectivity index (χ0n) is 24.6. The number of carbonyl (C=O) groups is 2. The Labute approximate surface area is 242 Å². The Hall–Kier alpha value is -2.89. The second-order valence-electron chi connectivity index (χ2n) is 12.9. The van der Waals surface area contributed by atoms with E-state index in [1.807, 2.05) is 35.4 Å². The first-order valence-corrected chi connectivity index (χ1v) is 14.8. The van der Waals surface area contributed by atoms with Crippen molar-refractivity contribution in [3.05, 3.63) is 36.3 Å². The van der Waals surface area contributed by atoms with Crippen molar-refractivity contribution in [3.8, 4) is 11.3 Å². The molecule has 6 rings (SSSR count). The summed E-state index contributed by atoms with van der Waals surface area (Å²) in [7, 11) is 0.913. The van der Waals surface area contributed by atoms with Crippen LogP contribution in [0.3, 0.4) is 0 Å². The molecule has 0 spiro atoms. The summed E-state index contributed by atoms with van der Waals surface area (Å²) in [5.74, 6) is 1.08. The first-order chi connectivity index (χ1) is 19.6. The number of nitrogens with one attached hydrogen (secondary N) is 2. The number of likely N-dealkylation sites (tertiary alicyclic amines) is 1. The lowest BCUT2D eigenvalue weighted by Crippen LogP contribution is -2.55. The summed E-state index contributed by atoms with van der Waals surface area (Å²) in [6, 6.07) is 7.49. The molecule has 4 fully saturated rings. The number of amides is 2. The van der Waals surface area contributed by atoms with E-state index in [9.17, 15) is 9.59 Å². The SMILES string of the molecule is COC(=O)N[C@H](C(=O)N1[C@@H]2CC[C@@H](C2)[C@H]1c1ncc(-c2ccc(B3OC(C)(C)C(C)(C)O3)cc2)[nH]1)C1CCOCC1. The summed E-state index contributed by atoms with van der Waals surface area (Å²) in [5.41, 5.74) is 2.07. The molecule has 4 atom stereocenters. The number of carbonyl (C=O) groups excluding carboxylic acids is 2. The van der Waals surface area contributed by atoms with Crippen molar-refractivity contribution in [2.75, 3.05) is 20.3 Å². The van der Waals surface area contributed by atoms with Gasteiger partial charge in [-0.25, -0.2) is 9.78 Å². The fourth-order valence-corrected chi connectivity index (χ4v) is 6.87. The molecule has 1 aromatic heterocycles. The molecular formula is C30H41BN4O6. The molecule has 4 aliphatic rings. The Morgan fingerprint density at radius 1 is 1.07 bits per heavy atom. The lowest BCUT2D eigenvalue weighted by atomic mass is 9.79. The minimum absolute atomic E-state index is 0.00443. The number of rotatable bonds is 6. The molecule has 1 aromatic carbocycles. The van der Waals surface area contributed by atoms with Gasteiger partial charge in [0.05, 0.1) is 36.2 Å². The maximum Gasteiger partial charge on any atom is 0.494 e. The van der Waals surface area contributed by atoms with Crippen LogP contribution in [-0.4, -0.2) is 77.6 Å². The van der Waals surface area contributed by atoms with E-state index in [4.69, 9.17) is 23.8 Å². The van der Waals surface area contributed by atoms with Gasteiger partial charge in [-0.05, 0) is 82.7 Å². The number of methoxy groups -OCH3 is 1. The van der Waals surface area contributed by atoms with E-state index < -0.39 is 30.5 Å². The number of piperidine rings is 1. The Kier molecular flexibility index (Phi) is 7.40. The lowest BCUT2D eigenvalue weighted by molar-refractivity contribution is -0.140. The normalized spacial score (nSPS) is 27.7. The summed E-state index contributed by atoms with van der Waals surface area (Å²) < 4.78 is 22.8. The number of aromatic amines is 1. The number of H-pyrrole nitrogens is 1. The average Bonchev–Trinajstić information content (AvgIpc) is 3.75. The van der Waals surface area contributed by atoms with Crippen LogP contribution >= 0.6 is 0 Å². The fourth-order valence-electron chi connectivity index (χ4n) is 6.87. The van der Waals surface area contributed by atoms with E-state index in [0.717, 1.165) is 54.6 Å². The Bertz CT molecular complexity index is 1260. The molecule has 1 aliphatic carbocycles. The van der Waals surface area contributed by atoms with E-state index in [0.29, 0.717) is 19.1 Å². The molecular weight excluding hydrogens is 523 g/mol. The maximum atomic E-state index is 14.2. The number of alkyl carbamates (subject to hydrolysis) is 1. The topological polar surface area (TPSA) is 115 Å². The molecule has 0 unspecified atom stereocenters. The van der Waals surface area contributed by atoms with Gasteiger partial charge in [-0.2, -0.15) is 0 Å². The predicted molar refractivity (Wildman–Crippen MR) is 153 cm³/mol. The second-order valence-corrected chi connectivity index (χ2v) is 12.9. The molecule has 2 aromatic rings. The highest BCUT2D eigenvalue weighted by atomic mass is 16.7. The molecule has 11 heteroatoms. The van der Waals surface area contributed by atoms with Crippen molar-refractivity contribution in [1.29, 1.82) is 0 Å². The monoisotopic (exact) mass is 564 g/mol. The van der Waals surface area contributed by atoms with Gasteiger partial charge in [-0.1, -0.05) is 24.3 Å². The van der Waals surface area contributed by atoms with E-state index in [2.05, 4.69) is 38.0 Å². The highest BCUT2D eigenvalue weighted by Crippen LogP contribution is 2.50. The summed E-state index contributed by atoms with van der Waals surface area (Å²) in [4.78, 5) is 36.7. The molecule has 0 radical (unpaired) electrons. The Morgan fingerprint density at radius 3 is 2.41 bits per heavy atom. The minimum atomic E-state index is -0.648. The van der Waals surface area contributed by atoms with Crippen LogP contribution in [0.4, 0.5) is 4.79 Å². The molecule has 2 amide bonds. The highest BCUT2D eigenvalue weighted by molar-refractivity contribution is 6.62. The van der Waals surface area contributed by atoms with Gasteiger partial charge in [0.2, 0.25) is 5.91 Å². The summed E-state index contributed by atoms with van der Waals surface area (Å²) in [6.07, 6.45) is 5.69. The molecule has 1 saturated carbocycles. The van der Waals surface area contributed by atoms with Crippen LogP contribution in [0.2, 0.25) is 0 Å². The third-order valence-electron chi connectivity index (χ3n) is 9.92. The number of hydrogen-bond acceptors (Lipinski definition) is 7. The molecule has 10 nitrogen and oxygen atoms in total. The fraction of sp³-hybridized carbons (Fsp3) is 0.633. The number of benzene rings is 1. The van der Waals surface area contributed by atoms with Crippen LogP contribution in [0.25, 0.3) is 11.3 Å². The van der Waals surface area contributed by atoms with Gasteiger partial charge in [0.1, 0.15) is 11.9 Å². The summed E-state index contributed by atoms with van der Waals surface area (Å²) >= 11 is 0. The van der Waals surface area contributed by atoms with Crippen molar-refractivity contribution in [1.82, 2.24) is 20.2 Å². The van der Waals surface area contributed by atoms with Crippen molar-refractivity contribution in [2.24, 2.45) is 11.8 Å². The number of hydrogen-bond donors (Lipinski definition) is 2. The number of imidazole rings is 1. The van der Waals surface area contributed by atoms with Crippen LogP contribution in [0, 0.1) is 11.8 Å².